The van der Waals surface area contributed by atoms with Crippen molar-refractivity contribution in [2.24, 2.45) is 5.92 Å². The summed E-state index contributed by atoms with van der Waals surface area (Å²) in [6, 6.07) is 9.81. The van der Waals surface area contributed by atoms with Gasteiger partial charge in [0.1, 0.15) is 5.56 Å². The van der Waals surface area contributed by atoms with Crippen LogP contribution in [-0.4, -0.2) is 35.0 Å². The molecule has 1 aliphatic rings. The van der Waals surface area contributed by atoms with Crippen molar-refractivity contribution in [3.8, 4) is 0 Å². The summed E-state index contributed by atoms with van der Waals surface area (Å²) in [4.78, 5) is 27.1. The van der Waals surface area contributed by atoms with E-state index in [-0.39, 0.29) is 23.7 Å². The van der Waals surface area contributed by atoms with E-state index in [1.807, 2.05) is 44.2 Å². The molecule has 3 rings (SSSR count). The van der Waals surface area contributed by atoms with E-state index in [4.69, 9.17) is 4.52 Å². The molecule has 1 atom stereocenters. The second-order valence-electron chi connectivity index (χ2n) is 7.10. The minimum Gasteiger partial charge on any atom is -0.360 e. The van der Waals surface area contributed by atoms with Crippen LogP contribution in [0.4, 0.5) is 0 Å². The van der Waals surface area contributed by atoms with E-state index in [0.717, 1.165) is 5.56 Å². The maximum absolute atomic E-state index is 12.9. The maximum Gasteiger partial charge on any atom is 0.259 e. The van der Waals surface area contributed by atoms with Crippen molar-refractivity contribution < 1.29 is 14.1 Å². The second-order valence-corrected chi connectivity index (χ2v) is 7.10. The van der Waals surface area contributed by atoms with E-state index in [1.54, 1.807) is 11.8 Å². The van der Waals surface area contributed by atoms with E-state index >= 15 is 0 Å². The highest BCUT2D eigenvalue weighted by Gasteiger charge is 2.34. The van der Waals surface area contributed by atoms with E-state index in [2.05, 4.69) is 10.5 Å². The molecule has 1 aromatic heterocycles. The molecular weight excluding hydrogens is 330 g/mol. The van der Waals surface area contributed by atoms with Crippen LogP contribution in [0.25, 0.3) is 0 Å². The normalized spacial score (nSPS) is 16.9. The van der Waals surface area contributed by atoms with Crippen LogP contribution in [0.1, 0.15) is 53.6 Å². The molecule has 0 radical (unpaired) electrons. The molecule has 6 heteroatoms. The molecular formula is C20H25N3O3. The summed E-state index contributed by atoms with van der Waals surface area (Å²) in [5, 5.41) is 6.91. The predicted octanol–water partition coefficient (Wildman–Crippen LogP) is 2.88. The van der Waals surface area contributed by atoms with Crippen molar-refractivity contribution in [1.29, 1.82) is 0 Å². The molecule has 1 aliphatic heterocycles. The van der Waals surface area contributed by atoms with Crippen molar-refractivity contribution in [2.45, 2.75) is 39.7 Å². The SMILES string of the molecule is Cc1noc(C(C)C)c1C(=O)N1CC[C@H](C(=O)NCc2ccccc2)C1. The number of carbonyl (C=O) groups excluding carboxylic acids is 2. The van der Waals surface area contributed by atoms with Gasteiger partial charge in [-0.15, -0.1) is 0 Å². The first kappa shape index (κ1) is 18.2. The van der Waals surface area contributed by atoms with Crippen molar-refractivity contribution in [2.75, 3.05) is 13.1 Å². The number of hydrogen-bond acceptors (Lipinski definition) is 4. The molecule has 26 heavy (non-hydrogen) atoms. The van der Waals surface area contributed by atoms with Crippen LogP contribution in [0, 0.1) is 12.8 Å². The van der Waals surface area contributed by atoms with Crippen LogP contribution in [0.15, 0.2) is 34.9 Å². The lowest BCUT2D eigenvalue weighted by Gasteiger charge is -2.17. The number of hydrogen-bond donors (Lipinski definition) is 1. The van der Waals surface area contributed by atoms with Gasteiger partial charge in [0.25, 0.3) is 5.91 Å². The molecule has 0 bridgehead atoms. The van der Waals surface area contributed by atoms with Gasteiger partial charge >= 0.3 is 0 Å². The largest absolute Gasteiger partial charge is 0.360 e. The summed E-state index contributed by atoms with van der Waals surface area (Å²) in [6.45, 7) is 7.24. The quantitative estimate of drug-likeness (QED) is 0.895. The molecule has 1 saturated heterocycles. The fourth-order valence-electron chi connectivity index (χ4n) is 3.29. The molecule has 1 aromatic carbocycles. The van der Waals surface area contributed by atoms with Gasteiger partial charge in [-0.25, -0.2) is 0 Å². The first-order valence-corrected chi connectivity index (χ1v) is 9.04. The molecule has 0 unspecified atom stereocenters. The Labute approximate surface area is 153 Å². The van der Waals surface area contributed by atoms with Crippen LogP contribution in [-0.2, 0) is 11.3 Å². The molecule has 2 aromatic rings. The smallest absolute Gasteiger partial charge is 0.259 e. The van der Waals surface area contributed by atoms with Crippen molar-refractivity contribution in [3.63, 3.8) is 0 Å². The van der Waals surface area contributed by atoms with E-state index in [9.17, 15) is 9.59 Å². The first-order chi connectivity index (χ1) is 12.5. The average molecular weight is 355 g/mol. The van der Waals surface area contributed by atoms with Gasteiger partial charge in [0, 0.05) is 25.6 Å². The lowest BCUT2D eigenvalue weighted by Crippen LogP contribution is -2.34. The maximum atomic E-state index is 12.9. The Morgan fingerprint density at radius 3 is 2.73 bits per heavy atom. The Morgan fingerprint density at radius 2 is 2.04 bits per heavy atom. The van der Waals surface area contributed by atoms with Gasteiger partial charge in [-0.1, -0.05) is 49.3 Å². The van der Waals surface area contributed by atoms with Crippen LogP contribution in [0.2, 0.25) is 0 Å². The first-order valence-electron chi connectivity index (χ1n) is 9.04. The van der Waals surface area contributed by atoms with Crippen molar-refractivity contribution in [1.82, 2.24) is 15.4 Å². The van der Waals surface area contributed by atoms with E-state index in [0.29, 0.717) is 43.1 Å². The summed E-state index contributed by atoms with van der Waals surface area (Å²) in [7, 11) is 0. The number of aromatic nitrogens is 1. The van der Waals surface area contributed by atoms with E-state index < -0.39 is 0 Å². The Balaban J connectivity index is 1.60. The summed E-state index contributed by atoms with van der Waals surface area (Å²) in [5.41, 5.74) is 2.22. The lowest BCUT2D eigenvalue weighted by molar-refractivity contribution is -0.124. The van der Waals surface area contributed by atoms with Gasteiger partial charge in [0.15, 0.2) is 5.76 Å². The van der Waals surface area contributed by atoms with Gasteiger partial charge in [0.05, 0.1) is 11.6 Å². The standard InChI is InChI=1S/C20H25N3O3/c1-13(2)18-17(14(3)22-26-18)20(25)23-10-9-16(12-23)19(24)21-11-15-7-5-4-6-8-15/h4-8,13,16H,9-12H2,1-3H3,(H,21,24)/t16-/m0/s1. The minimum absolute atomic E-state index is 0.00437. The minimum atomic E-state index is -0.176. The number of amides is 2. The third-order valence-electron chi connectivity index (χ3n) is 4.78. The van der Waals surface area contributed by atoms with Crippen LogP contribution in [0.3, 0.4) is 0 Å². The number of aryl methyl sites for hydroxylation is 1. The molecule has 2 heterocycles. The highest BCUT2D eigenvalue weighted by atomic mass is 16.5. The molecule has 1 fully saturated rings. The third kappa shape index (κ3) is 3.79. The number of carbonyl (C=O) groups is 2. The number of nitrogens with zero attached hydrogens (tertiary/aromatic N) is 2. The van der Waals surface area contributed by atoms with Gasteiger partial charge in [0.2, 0.25) is 5.91 Å². The zero-order chi connectivity index (χ0) is 18.7. The molecule has 2 amide bonds. The van der Waals surface area contributed by atoms with Crippen LogP contribution in [0.5, 0.6) is 0 Å². The van der Waals surface area contributed by atoms with E-state index in [1.165, 1.54) is 0 Å². The topological polar surface area (TPSA) is 75.4 Å². The zero-order valence-electron chi connectivity index (χ0n) is 15.5. The second kappa shape index (κ2) is 7.72. The van der Waals surface area contributed by atoms with Gasteiger partial charge < -0.3 is 14.7 Å². The highest BCUT2D eigenvalue weighted by Crippen LogP contribution is 2.26. The summed E-state index contributed by atoms with van der Waals surface area (Å²) < 4.78 is 5.32. The number of rotatable bonds is 5. The molecule has 6 nitrogen and oxygen atoms in total. The fourth-order valence-corrected chi connectivity index (χ4v) is 3.29. The average Bonchev–Trinajstić information content (AvgIpc) is 3.27. The van der Waals surface area contributed by atoms with Gasteiger partial charge in [-0.3, -0.25) is 9.59 Å². The van der Waals surface area contributed by atoms with Crippen LogP contribution >= 0.6 is 0 Å². The monoisotopic (exact) mass is 355 g/mol. The molecule has 0 spiro atoms. The Bertz CT molecular complexity index is 783. The van der Waals surface area contributed by atoms with Crippen LogP contribution < -0.4 is 5.32 Å². The molecule has 0 saturated carbocycles. The number of nitrogens with one attached hydrogen (secondary N) is 1. The molecule has 0 aliphatic carbocycles. The fraction of sp³-hybridized carbons (Fsp3) is 0.450. The summed E-state index contributed by atoms with van der Waals surface area (Å²) >= 11 is 0. The number of benzene rings is 1. The van der Waals surface area contributed by atoms with Crippen molar-refractivity contribution in [3.05, 3.63) is 52.9 Å². The lowest BCUT2D eigenvalue weighted by atomic mass is 10.0. The number of likely N-dealkylation sites (tertiary alicyclic amines) is 1. The third-order valence-corrected chi connectivity index (χ3v) is 4.78. The Hall–Kier alpha value is -2.63. The van der Waals surface area contributed by atoms with Gasteiger partial charge in [-0.2, -0.15) is 0 Å². The highest BCUT2D eigenvalue weighted by molar-refractivity contribution is 5.97. The molecule has 138 valence electrons. The Kier molecular flexibility index (Phi) is 5.40. The van der Waals surface area contributed by atoms with Gasteiger partial charge in [-0.05, 0) is 18.9 Å². The Morgan fingerprint density at radius 1 is 1.31 bits per heavy atom. The summed E-state index contributed by atoms with van der Waals surface area (Å²) in [6.07, 6.45) is 0.674. The zero-order valence-corrected chi connectivity index (χ0v) is 15.5. The van der Waals surface area contributed by atoms with Crippen molar-refractivity contribution >= 4 is 11.8 Å². The summed E-state index contributed by atoms with van der Waals surface area (Å²) in [5.74, 6) is 0.429. The molecule has 1 N–H and O–H groups in total. The predicted molar refractivity (Wildman–Crippen MR) is 97.6 cm³/mol.